The van der Waals surface area contributed by atoms with Crippen LogP contribution in [0.1, 0.15) is 16.7 Å². The van der Waals surface area contributed by atoms with Crippen molar-refractivity contribution < 1.29 is 19.0 Å². The molecule has 2 aromatic rings. The van der Waals surface area contributed by atoms with E-state index in [1.54, 1.807) is 26.4 Å². The van der Waals surface area contributed by atoms with E-state index in [1.807, 2.05) is 43.3 Å². The van der Waals surface area contributed by atoms with E-state index < -0.39 is 0 Å². The van der Waals surface area contributed by atoms with Crippen molar-refractivity contribution in [2.24, 2.45) is 0 Å². The third-order valence-corrected chi connectivity index (χ3v) is 4.43. The number of hydrogen-bond acceptors (Lipinski definition) is 4. The molecule has 1 heterocycles. The van der Waals surface area contributed by atoms with Crippen LogP contribution in [0.2, 0.25) is 0 Å². The van der Waals surface area contributed by atoms with Gasteiger partial charge in [0, 0.05) is 5.56 Å². The first-order valence-corrected chi connectivity index (χ1v) is 8.45. The lowest BCUT2D eigenvalue weighted by atomic mass is 10.1. The van der Waals surface area contributed by atoms with Crippen LogP contribution in [-0.2, 0) is 9.53 Å². The van der Waals surface area contributed by atoms with E-state index in [-0.39, 0.29) is 5.97 Å². The molecule has 0 amide bonds. The van der Waals surface area contributed by atoms with E-state index in [1.165, 1.54) is 0 Å². The van der Waals surface area contributed by atoms with Crippen molar-refractivity contribution in [2.75, 3.05) is 14.2 Å². The van der Waals surface area contributed by atoms with Gasteiger partial charge in [-0.1, -0.05) is 29.8 Å². The molecule has 2 aromatic carbocycles. The number of ether oxygens (including phenoxy) is 3. The molecule has 0 aliphatic carbocycles. The summed E-state index contributed by atoms with van der Waals surface area (Å²) in [6, 6.07) is 11.5. The summed E-state index contributed by atoms with van der Waals surface area (Å²) in [6.07, 6.45) is 3.51. The fourth-order valence-electron chi connectivity index (χ4n) is 2.55. The Labute approximate surface area is 154 Å². The molecule has 1 aliphatic rings. The summed E-state index contributed by atoms with van der Waals surface area (Å²) >= 11 is 3.45. The summed E-state index contributed by atoms with van der Waals surface area (Å²) in [6.45, 7) is 2.01. The van der Waals surface area contributed by atoms with E-state index in [9.17, 15) is 4.79 Å². The molecule has 25 heavy (non-hydrogen) atoms. The smallest absolute Gasteiger partial charge is 0.343 e. The molecule has 0 bridgehead atoms. The molecule has 0 atom stereocenters. The molecule has 0 radical (unpaired) electrons. The first-order chi connectivity index (χ1) is 12.0. The van der Waals surface area contributed by atoms with Gasteiger partial charge in [-0.05, 0) is 52.7 Å². The highest BCUT2D eigenvalue weighted by atomic mass is 79.9. The summed E-state index contributed by atoms with van der Waals surface area (Å²) < 4.78 is 16.8. The SMILES string of the molecule is COc1cc(/C=C2/C=C(c3ccc(C)cc3)OC2=O)cc(Br)c1OC. The first-order valence-electron chi connectivity index (χ1n) is 7.66. The van der Waals surface area contributed by atoms with Crippen molar-refractivity contribution in [3.63, 3.8) is 0 Å². The highest BCUT2D eigenvalue weighted by Crippen LogP contribution is 2.37. The van der Waals surface area contributed by atoms with E-state index in [0.717, 1.165) is 21.2 Å². The maximum Gasteiger partial charge on any atom is 0.343 e. The third-order valence-electron chi connectivity index (χ3n) is 3.84. The monoisotopic (exact) mass is 400 g/mol. The lowest BCUT2D eigenvalue weighted by Gasteiger charge is -2.10. The topological polar surface area (TPSA) is 44.8 Å². The van der Waals surface area contributed by atoms with Gasteiger partial charge in [-0.2, -0.15) is 0 Å². The molecule has 0 aromatic heterocycles. The molecular formula is C20H17BrO4. The summed E-state index contributed by atoms with van der Waals surface area (Å²) in [7, 11) is 3.14. The number of benzene rings is 2. The quantitative estimate of drug-likeness (QED) is 0.548. The Morgan fingerprint density at radius 3 is 2.44 bits per heavy atom. The van der Waals surface area contributed by atoms with Crippen LogP contribution in [0.3, 0.4) is 0 Å². The molecule has 0 fully saturated rings. The fraction of sp³-hybridized carbons (Fsp3) is 0.150. The molecule has 1 aliphatic heterocycles. The summed E-state index contributed by atoms with van der Waals surface area (Å²) in [4.78, 5) is 12.2. The van der Waals surface area contributed by atoms with Gasteiger partial charge in [0.15, 0.2) is 11.5 Å². The number of aryl methyl sites for hydroxylation is 1. The summed E-state index contributed by atoms with van der Waals surface area (Å²) in [5.41, 5.74) is 3.31. The lowest BCUT2D eigenvalue weighted by Crippen LogP contribution is -1.97. The Kier molecular flexibility index (Phi) is 4.95. The molecule has 0 unspecified atom stereocenters. The molecule has 0 saturated carbocycles. The van der Waals surface area contributed by atoms with E-state index in [4.69, 9.17) is 14.2 Å². The number of cyclic esters (lactones) is 1. The van der Waals surface area contributed by atoms with Crippen LogP contribution in [0.15, 0.2) is 52.5 Å². The maximum atomic E-state index is 12.2. The number of methoxy groups -OCH3 is 2. The van der Waals surface area contributed by atoms with Crippen LogP contribution in [0, 0.1) is 6.92 Å². The maximum absolute atomic E-state index is 12.2. The van der Waals surface area contributed by atoms with E-state index >= 15 is 0 Å². The second kappa shape index (κ2) is 7.15. The van der Waals surface area contributed by atoms with Crippen LogP contribution in [0.5, 0.6) is 11.5 Å². The van der Waals surface area contributed by atoms with Crippen molar-refractivity contribution in [3.05, 3.63) is 69.2 Å². The van der Waals surface area contributed by atoms with Gasteiger partial charge in [-0.3, -0.25) is 0 Å². The second-order valence-electron chi connectivity index (χ2n) is 5.60. The fourth-order valence-corrected chi connectivity index (χ4v) is 3.17. The summed E-state index contributed by atoms with van der Waals surface area (Å²) in [5, 5.41) is 0. The van der Waals surface area contributed by atoms with Crippen LogP contribution < -0.4 is 9.47 Å². The molecule has 4 nitrogen and oxygen atoms in total. The van der Waals surface area contributed by atoms with Gasteiger partial charge in [0.25, 0.3) is 0 Å². The van der Waals surface area contributed by atoms with Gasteiger partial charge in [-0.15, -0.1) is 0 Å². The zero-order valence-corrected chi connectivity index (χ0v) is 15.7. The van der Waals surface area contributed by atoms with Crippen molar-refractivity contribution in [3.8, 4) is 11.5 Å². The highest BCUT2D eigenvalue weighted by Gasteiger charge is 2.22. The number of carbonyl (C=O) groups excluding carboxylic acids is 1. The van der Waals surface area contributed by atoms with Crippen LogP contribution in [0.25, 0.3) is 11.8 Å². The Bertz CT molecular complexity index is 879. The minimum Gasteiger partial charge on any atom is -0.493 e. The minimum atomic E-state index is -0.374. The Morgan fingerprint density at radius 2 is 1.80 bits per heavy atom. The number of hydrogen-bond donors (Lipinski definition) is 0. The van der Waals surface area contributed by atoms with Gasteiger partial charge in [-0.25, -0.2) is 4.79 Å². The van der Waals surface area contributed by atoms with E-state index in [0.29, 0.717) is 22.8 Å². The number of carbonyl (C=O) groups is 1. The van der Waals surface area contributed by atoms with Gasteiger partial charge in [0.1, 0.15) is 5.76 Å². The van der Waals surface area contributed by atoms with Crippen molar-refractivity contribution in [1.29, 1.82) is 0 Å². The largest absolute Gasteiger partial charge is 0.493 e. The Hall–Kier alpha value is -2.53. The van der Waals surface area contributed by atoms with Crippen molar-refractivity contribution in [1.82, 2.24) is 0 Å². The average Bonchev–Trinajstić information content (AvgIpc) is 2.95. The highest BCUT2D eigenvalue weighted by molar-refractivity contribution is 9.10. The zero-order valence-electron chi connectivity index (χ0n) is 14.1. The third kappa shape index (κ3) is 3.61. The molecule has 0 saturated heterocycles. The van der Waals surface area contributed by atoms with Crippen LogP contribution >= 0.6 is 15.9 Å². The van der Waals surface area contributed by atoms with Gasteiger partial charge < -0.3 is 14.2 Å². The number of rotatable bonds is 4. The Morgan fingerprint density at radius 1 is 1.08 bits per heavy atom. The van der Waals surface area contributed by atoms with Crippen molar-refractivity contribution in [2.45, 2.75) is 6.92 Å². The molecule has 128 valence electrons. The molecular weight excluding hydrogens is 384 g/mol. The zero-order chi connectivity index (χ0) is 18.0. The number of esters is 1. The second-order valence-corrected chi connectivity index (χ2v) is 6.46. The molecule has 0 spiro atoms. The standard InChI is InChI=1S/C20H17BrO4/c1-12-4-6-14(7-5-12)17-11-15(20(22)25-17)8-13-9-16(21)19(24-3)18(10-13)23-2/h4-11H,1-3H3/b15-8-. The molecule has 5 heteroatoms. The van der Waals surface area contributed by atoms with Gasteiger partial charge in [0.2, 0.25) is 0 Å². The van der Waals surface area contributed by atoms with Crippen molar-refractivity contribution >= 4 is 33.7 Å². The van der Waals surface area contributed by atoms with E-state index in [2.05, 4.69) is 15.9 Å². The van der Waals surface area contributed by atoms with Gasteiger partial charge >= 0.3 is 5.97 Å². The Balaban J connectivity index is 1.97. The van der Waals surface area contributed by atoms with Crippen LogP contribution in [0.4, 0.5) is 0 Å². The van der Waals surface area contributed by atoms with Crippen LogP contribution in [-0.4, -0.2) is 20.2 Å². The average molecular weight is 401 g/mol. The summed E-state index contributed by atoms with van der Waals surface area (Å²) in [5.74, 6) is 1.37. The number of halogens is 1. The normalized spacial score (nSPS) is 15.1. The predicted octanol–water partition coefficient (Wildman–Crippen LogP) is 4.76. The molecule has 3 rings (SSSR count). The lowest BCUT2D eigenvalue weighted by molar-refractivity contribution is -0.130. The molecule has 0 N–H and O–H groups in total. The van der Waals surface area contributed by atoms with Gasteiger partial charge in [0.05, 0.1) is 24.3 Å². The predicted molar refractivity (Wildman–Crippen MR) is 100 cm³/mol. The first kappa shape index (κ1) is 17.3. The minimum absolute atomic E-state index is 0.374.